The lowest BCUT2D eigenvalue weighted by molar-refractivity contribution is 1.05. The Labute approximate surface area is 112 Å². The van der Waals surface area contributed by atoms with Crippen LogP contribution >= 0.6 is 0 Å². The number of H-pyrrole nitrogens is 1. The molecule has 19 heavy (non-hydrogen) atoms. The molecule has 0 spiro atoms. The van der Waals surface area contributed by atoms with E-state index in [1.807, 2.05) is 25.1 Å². The van der Waals surface area contributed by atoms with Crippen molar-refractivity contribution in [1.29, 1.82) is 0 Å². The first-order chi connectivity index (χ1) is 9.25. The molecule has 0 saturated heterocycles. The Morgan fingerprint density at radius 1 is 0.842 bits per heavy atom. The molecule has 0 aliphatic carbocycles. The van der Waals surface area contributed by atoms with E-state index in [-0.39, 0.29) is 0 Å². The van der Waals surface area contributed by atoms with Crippen molar-refractivity contribution in [1.82, 2.24) is 10.2 Å². The SMILES string of the molecule is Cc1[nH]nc(N)c1-c1ccc(-c2ccccc2)cc1. The zero-order valence-corrected chi connectivity index (χ0v) is 10.7. The van der Waals surface area contributed by atoms with Gasteiger partial charge in [-0.25, -0.2) is 0 Å². The molecule has 0 fully saturated rings. The molecule has 94 valence electrons. The molecule has 3 rings (SSSR count). The summed E-state index contributed by atoms with van der Waals surface area (Å²) in [5, 5.41) is 6.93. The van der Waals surface area contributed by atoms with Crippen molar-refractivity contribution in [3.8, 4) is 22.3 Å². The maximum Gasteiger partial charge on any atom is 0.153 e. The Morgan fingerprint density at radius 3 is 2.00 bits per heavy atom. The van der Waals surface area contributed by atoms with Crippen molar-refractivity contribution in [3.05, 3.63) is 60.3 Å². The van der Waals surface area contributed by atoms with Crippen LogP contribution in [0.15, 0.2) is 54.6 Å². The molecule has 0 aliphatic rings. The van der Waals surface area contributed by atoms with Crippen molar-refractivity contribution in [3.63, 3.8) is 0 Å². The zero-order valence-electron chi connectivity index (χ0n) is 10.7. The third-order valence-corrected chi connectivity index (χ3v) is 3.26. The first kappa shape index (κ1) is 11.5. The van der Waals surface area contributed by atoms with Gasteiger partial charge < -0.3 is 5.73 Å². The van der Waals surface area contributed by atoms with Crippen LogP contribution in [0.4, 0.5) is 5.82 Å². The smallest absolute Gasteiger partial charge is 0.153 e. The fraction of sp³-hybridized carbons (Fsp3) is 0.0625. The van der Waals surface area contributed by atoms with Crippen LogP contribution in [0.1, 0.15) is 5.69 Å². The second kappa shape index (κ2) is 4.61. The van der Waals surface area contributed by atoms with Crippen LogP contribution in [0.5, 0.6) is 0 Å². The number of anilines is 1. The Hall–Kier alpha value is -2.55. The van der Waals surface area contributed by atoms with Crippen LogP contribution in [0.25, 0.3) is 22.3 Å². The van der Waals surface area contributed by atoms with Gasteiger partial charge >= 0.3 is 0 Å². The van der Waals surface area contributed by atoms with Gasteiger partial charge in [0, 0.05) is 11.3 Å². The first-order valence-corrected chi connectivity index (χ1v) is 6.22. The molecule has 0 bridgehead atoms. The molecule has 3 aromatic rings. The molecule has 3 N–H and O–H groups in total. The Morgan fingerprint density at radius 2 is 1.42 bits per heavy atom. The van der Waals surface area contributed by atoms with Crippen molar-refractivity contribution in [2.24, 2.45) is 0 Å². The van der Waals surface area contributed by atoms with Crippen molar-refractivity contribution in [2.75, 3.05) is 5.73 Å². The topological polar surface area (TPSA) is 54.7 Å². The predicted molar refractivity (Wildman–Crippen MR) is 78.6 cm³/mol. The van der Waals surface area contributed by atoms with Gasteiger partial charge in [0.05, 0.1) is 0 Å². The van der Waals surface area contributed by atoms with Gasteiger partial charge in [-0.15, -0.1) is 0 Å². The Balaban J connectivity index is 2.00. The second-order valence-electron chi connectivity index (χ2n) is 4.55. The minimum absolute atomic E-state index is 0.546. The number of hydrogen-bond donors (Lipinski definition) is 2. The zero-order chi connectivity index (χ0) is 13.2. The standard InChI is InChI=1S/C16H15N3/c1-11-15(16(17)19-18-11)14-9-7-13(8-10-14)12-5-3-2-4-6-12/h2-10H,1H3,(H3,17,18,19). The van der Waals surface area contributed by atoms with Gasteiger partial charge in [0.2, 0.25) is 0 Å². The number of nitrogens with zero attached hydrogens (tertiary/aromatic N) is 1. The highest BCUT2D eigenvalue weighted by atomic mass is 15.2. The second-order valence-corrected chi connectivity index (χ2v) is 4.55. The number of nitrogen functional groups attached to an aromatic ring is 1. The molecule has 1 heterocycles. The van der Waals surface area contributed by atoms with E-state index >= 15 is 0 Å². The van der Waals surface area contributed by atoms with E-state index < -0.39 is 0 Å². The van der Waals surface area contributed by atoms with Crippen LogP contribution in [0, 0.1) is 6.92 Å². The van der Waals surface area contributed by atoms with E-state index in [1.54, 1.807) is 0 Å². The fourth-order valence-corrected chi connectivity index (χ4v) is 2.27. The number of aromatic nitrogens is 2. The molecular formula is C16H15N3. The van der Waals surface area contributed by atoms with E-state index in [0.29, 0.717) is 5.82 Å². The largest absolute Gasteiger partial charge is 0.382 e. The summed E-state index contributed by atoms with van der Waals surface area (Å²) in [6.07, 6.45) is 0. The van der Waals surface area contributed by atoms with Gasteiger partial charge in [0.15, 0.2) is 5.82 Å². The number of aromatic amines is 1. The molecule has 0 saturated carbocycles. The summed E-state index contributed by atoms with van der Waals surface area (Å²) >= 11 is 0. The van der Waals surface area contributed by atoms with Gasteiger partial charge in [-0.1, -0.05) is 54.6 Å². The summed E-state index contributed by atoms with van der Waals surface area (Å²) in [6, 6.07) is 18.7. The van der Waals surface area contributed by atoms with E-state index in [9.17, 15) is 0 Å². The summed E-state index contributed by atoms with van der Waals surface area (Å²) in [6.45, 7) is 1.98. The van der Waals surface area contributed by atoms with Crippen LogP contribution in [0.2, 0.25) is 0 Å². The van der Waals surface area contributed by atoms with Gasteiger partial charge in [-0.3, -0.25) is 5.10 Å². The number of hydrogen-bond acceptors (Lipinski definition) is 2. The average molecular weight is 249 g/mol. The lowest BCUT2D eigenvalue weighted by Gasteiger charge is -2.04. The van der Waals surface area contributed by atoms with Crippen molar-refractivity contribution >= 4 is 5.82 Å². The van der Waals surface area contributed by atoms with Gasteiger partial charge in [0.1, 0.15) is 0 Å². The number of nitrogens with one attached hydrogen (secondary N) is 1. The third-order valence-electron chi connectivity index (χ3n) is 3.26. The molecule has 0 atom stereocenters. The Kier molecular flexibility index (Phi) is 2.80. The fourth-order valence-electron chi connectivity index (χ4n) is 2.27. The monoisotopic (exact) mass is 249 g/mol. The molecule has 0 unspecified atom stereocenters. The molecule has 3 nitrogen and oxygen atoms in total. The molecule has 1 aromatic heterocycles. The van der Waals surface area contributed by atoms with E-state index in [1.165, 1.54) is 11.1 Å². The highest BCUT2D eigenvalue weighted by Gasteiger charge is 2.09. The van der Waals surface area contributed by atoms with Gasteiger partial charge in [-0.2, -0.15) is 5.10 Å². The minimum atomic E-state index is 0.546. The molecule has 2 aromatic carbocycles. The Bertz CT molecular complexity index is 662. The summed E-state index contributed by atoms with van der Waals surface area (Å²) < 4.78 is 0. The highest BCUT2D eigenvalue weighted by molar-refractivity contribution is 5.78. The van der Waals surface area contributed by atoms with Gasteiger partial charge in [0.25, 0.3) is 0 Å². The van der Waals surface area contributed by atoms with E-state index in [0.717, 1.165) is 16.8 Å². The van der Waals surface area contributed by atoms with Crippen LogP contribution in [0.3, 0.4) is 0 Å². The van der Waals surface area contributed by atoms with Crippen molar-refractivity contribution in [2.45, 2.75) is 6.92 Å². The number of benzene rings is 2. The number of rotatable bonds is 2. The maximum absolute atomic E-state index is 5.88. The number of nitrogens with two attached hydrogens (primary N) is 1. The number of aryl methyl sites for hydroxylation is 1. The molecular weight excluding hydrogens is 234 g/mol. The summed E-state index contributed by atoms with van der Waals surface area (Å²) in [7, 11) is 0. The lowest BCUT2D eigenvalue weighted by atomic mass is 10.0. The summed E-state index contributed by atoms with van der Waals surface area (Å²) in [5.74, 6) is 0.546. The summed E-state index contributed by atoms with van der Waals surface area (Å²) in [4.78, 5) is 0. The first-order valence-electron chi connectivity index (χ1n) is 6.22. The normalized spacial score (nSPS) is 10.6. The molecule has 0 radical (unpaired) electrons. The van der Waals surface area contributed by atoms with E-state index in [4.69, 9.17) is 5.73 Å². The maximum atomic E-state index is 5.88. The van der Waals surface area contributed by atoms with Crippen LogP contribution < -0.4 is 5.73 Å². The average Bonchev–Trinajstić information content (AvgIpc) is 2.79. The van der Waals surface area contributed by atoms with Crippen molar-refractivity contribution < 1.29 is 0 Å². The minimum Gasteiger partial charge on any atom is -0.382 e. The molecule has 0 aliphatic heterocycles. The highest BCUT2D eigenvalue weighted by Crippen LogP contribution is 2.29. The molecule has 0 amide bonds. The third kappa shape index (κ3) is 2.10. The lowest BCUT2D eigenvalue weighted by Crippen LogP contribution is -1.88. The van der Waals surface area contributed by atoms with Gasteiger partial charge in [-0.05, 0) is 23.6 Å². The van der Waals surface area contributed by atoms with Crippen LogP contribution in [-0.2, 0) is 0 Å². The summed E-state index contributed by atoms with van der Waals surface area (Å²) in [5.41, 5.74) is 11.4. The molecule has 3 heteroatoms. The predicted octanol–water partition coefficient (Wildman–Crippen LogP) is 3.63. The quantitative estimate of drug-likeness (QED) is 0.728. The van der Waals surface area contributed by atoms with Crippen LogP contribution in [-0.4, -0.2) is 10.2 Å². The van der Waals surface area contributed by atoms with E-state index in [2.05, 4.69) is 46.6 Å².